The van der Waals surface area contributed by atoms with Crippen LogP contribution in [-0.4, -0.2) is 49.6 Å². The predicted molar refractivity (Wildman–Crippen MR) is 174 cm³/mol. The fraction of sp³-hybridized carbons (Fsp3) is 0.235. The molecule has 2 amide bonds. The van der Waals surface area contributed by atoms with E-state index in [1.54, 1.807) is 19.4 Å². The average molecular weight is 592 g/mol. The number of benzene rings is 2. The molecule has 3 heterocycles. The summed E-state index contributed by atoms with van der Waals surface area (Å²) in [4.78, 5) is 30.5. The molecule has 0 saturated heterocycles. The maximum atomic E-state index is 13.0. The van der Waals surface area contributed by atoms with Gasteiger partial charge in [0.25, 0.3) is 20.1 Å². The lowest BCUT2D eigenvalue weighted by molar-refractivity contribution is -0.123. The summed E-state index contributed by atoms with van der Waals surface area (Å²) < 4.78 is 9.10. The summed E-state index contributed by atoms with van der Waals surface area (Å²) in [5.74, 6) is -1.00. The van der Waals surface area contributed by atoms with Gasteiger partial charge >= 0.3 is 0 Å². The maximum absolute atomic E-state index is 13.0. The number of nitrogens with zero attached hydrogens (tertiary/aromatic N) is 2. The van der Waals surface area contributed by atoms with Crippen LogP contribution in [-0.2, 0) is 20.6 Å². The standard InChI is InChI=1S/C34H37N5O3Si/c1-34(2,3)43(25-13-7-5-8-14-25,26-15-9-6-10-16-26)42-20-12-19-39-23-28(27-17-11-18-37-31(27)39)30-29(24(21-35)22-36-4)32(40)38-33(30)41/h5-11,13-18,21-23,35-36H,12,19-20H2,1-4H3,(H,38,40,41)/b24-22+,35-21?. The number of amides is 2. The Kier molecular flexibility index (Phi) is 8.56. The van der Waals surface area contributed by atoms with Gasteiger partial charge in [0.15, 0.2) is 0 Å². The summed E-state index contributed by atoms with van der Waals surface area (Å²) in [6.45, 7) is 7.93. The molecule has 220 valence electrons. The molecule has 0 unspecified atom stereocenters. The number of rotatable bonds is 11. The van der Waals surface area contributed by atoms with Crippen molar-refractivity contribution in [3.05, 3.63) is 108 Å². The first kappa shape index (κ1) is 29.9. The summed E-state index contributed by atoms with van der Waals surface area (Å²) in [6.07, 6.45) is 6.94. The highest BCUT2D eigenvalue weighted by Crippen LogP contribution is 2.37. The zero-order valence-electron chi connectivity index (χ0n) is 25.0. The highest BCUT2D eigenvalue weighted by molar-refractivity contribution is 6.99. The van der Waals surface area contributed by atoms with Crippen LogP contribution in [0, 0.1) is 5.41 Å². The summed E-state index contributed by atoms with van der Waals surface area (Å²) in [5.41, 5.74) is 2.07. The van der Waals surface area contributed by atoms with E-state index in [1.807, 2.05) is 35.0 Å². The molecule has 0 radical (unpaired) electrons. The van der Waals surface area contributed by atoms with E-state index in [2.05, 4.69) is 84.9 Å². The predicted octanol–water partition coefficient (Wildman–Crippen LogP) is 4.17. The summed E-state index contributed by atoms with van der Waals surface area (Å²) >= 11 is 0. The molecule has 9 heteroatoms. The fourth-order valence-electron chi connectivity index (χ4n) is 6.04. The lowest BCUT2D eigenvalue weighted by atomic mass is 9.97. The number of fused-ring (bicyclic) bond motifs is 1. The molecule has 8 nitrogen and oxygen atoms in total. The maximum Gasteiger partial charge on any atom is 0.261 e. The van der Waals surface area contributed by atoms with Crippen LogP contribution in [0.1, 0.15) is 32.8 Å². The number of carbonyl (C=O) groups excluding carboxylic acids is 2. The Labute approximate surface area is 253 Å². The van der Waals surface area contributed by atoms with Gasteiger partial charge in [0.2, 0.25) is 0 Å². The molecule has 5 rings (SSSR count). The number of aryl methyl sites for hydroxylation is 1. The molecule has 43 heavy (non-hydrogen) atoms. The molecule has 0 bridgehead atoms. The minimum Gasteiger partial charge on any atom is -0.407 e. The lowest BCUT2D eigenvalue weighted by Crippen LogP contribution is -2.66. The van der Waals surface area contributed by atoms with Gasteiger partial charge in [-0.25, -0.2) is 4.98 Å². The van der Waals surface area contributed by atoms with Gasteiger partial charge in [-0.1, -0.05) is 81.4 Å². The van der Waals surface area contributed by atoms with Crippen LogP contribution in [0.3, 0.4) is 0 Å². The first-order valence-electron chi connectivity index (χ1n) is 14.4. The van der Waals surface area contributed by atoms with E-state index in [4.69, 9.17) is 9.84 Å². The van der Waals surface area contributed by atoms with E-state index in [0.717, 1.165) is 17.2 Å². The Balaban J connectivity index is 1.49. The number of nitrogens with one attached hydrogen (secondary N) is 3. The van der Waals surface area contributed by atoms with E-state index >= 15 is 0 Å². The van der Waals surface area contributed by atoms with E-state index in [-0.39, 0.29) is 16.2 Å². The number of imide groups is 1. The number of hydrogen-bond donors (Lipinski definition) is 3. The summed E-state index contributed by atoms with van der Waals surface area (Å²) in [5, 5.41) is 16.2. The zero-order chi connectivity index (χ0) is 30.6. The molecule has 0 aliphatic carbocycles. The van der Waals surface area contributed by atoms with Gasteiger partial charge in [0, 0.05) is 61.5 Å². The molecule has 0 atom stereocenters. The van der Waals surface area contributed by atoms with Crippen LogP contribution >= 0.6 is 0 Å². The van der Waals surface area contributed by atoms with Crippen molar-refractivity contribution < 1.29 is 14.0 Å². The van der Waals surface area contributed by atoms with Gasteiger partial charge < -0.3 is 19.7 Å². The van der Waals surface area contributed by atoms with E-state index < -0.39 is 20.1 Å². The van der Waals surface area contributed by atoms with E-state index in [0.29, 0.717) is 30.7 Å². The van der Waals surface area contributed by atoms with Crippen molar-refractivity contribution in [2.75, 3.05) is 13.7 Å². The second-order valence-electron chi connectivity index (χ2n) is 11.5. The second-order valence-corrected chi connectivity index (χ2v) is 15.8. The van der Waals surface area contributed by atoms with Crippen LogP contribution in [0.4, 0.5) is 0 Å². The Morgan fingerprint density at radius 3 is 2.23 bits per heavy atom. The number of pyridine rings is 1. The molecule has 0 fully saturated rings. The quantitative estimate of drug-likeness (QED) is 0.105. The number of hydrogen-bond acceptors (Lipinski definition) is 6. The molecule has 0 saturated carbocycles. The topological polar surface area (TPSA) is 109 Å². The Morgan fingerprint density at radius 2 is 1.65 bits per heavy atom. The third-order valence-corrected chi connectivity index (χ3v) is 12.9. The summed E-state index contributed by atoms with van der Waals surface area (Å²) in [6, 6.07) is 24.9. The minimum absolute atomic E-state index is 0.122. The van der Waals surface area contributed by atoms with Crippen molar-refractivity contribution in [1.29, 1.82) is 5.41 Å². The Hall–Kier alpha value is -4.60. The Morgan fingerprint density at radius 1 is 1.00 bits per heavy atom. The molecule has 0 spiro atoms. The second kappa shape index (κ2) is 12.3. The molecule has 2 aromatic heterocycles. The van der Waals surface area contributed by atoms with Gasteiger partial charge in [-0.2, -0.15) is 0 Å². The molecule has 1 aliphatic heterocycles. The van der Waals surface area contributed by atoms with Gasteiger partial charge in [-0.15, -0.1) is 0 Å². The van der Waals surface area contributed by atoms with Crippen LogP contribution in [0.25, 0.3) is 16.6 Å². The first-order valence-corrected chi connectivity index (χ1v) is 16.3. The average Bonchev–Trinajstić information content (AvgIpc) is 3.51. The fourth-order valence-corrected chi connectivity index (χ4v) is 10.6. The highest BCUT2D eigenvalue weighted by atomic mass is 28.4. The van der Waals surface area contributed by atoms with Crippen LogP contribution in [0.15, 0.2) is 103 Å². The molecule has 1 aliphatic rings. The molecule has 4 aromatic rings. The van der Waals surface area contributed by atoms with Gasteiger partial charge in [0.05, 0.1) is 11.1 Å². The van der Waals surface area contributed by atoms with Gasteiger partial charge in [-0.05, 0) is 34.0 Å². The minimum atomic E-state index is -2.66. The number of carbonyl (C=O) groups is 2. The Bertz CT molecular complexity index is 1680. The largest absolute Gasteiger partial charge is 0.407 e. The van der Waals surface area contributed by atoms with Crippen molar-refractivity contribution >= 4 is 53.3 Å². The van der Waals surface area contributed by atoms with E-state index in [1.165, 1.54) is 10.4 Å². The van der Waals surface area contributed by atoms with Crippen molar-refractivity contribution in [1.82, 2.24) is 20.2 Å². The van der Waals surface area contributed by atoms with Crippen molar-refractivity contribution in [2.45, 2.75) is 38.8 Å². The van der Waals surface area contributed by atoms with Crippen molar-refractivity contribution in [3.8, 4) is 0 Å². The van der Waals surface area contributed by atoms with Crippen LogP contribution in [0.2, 0.25) is 5.04 Å². The van der Waals surface area contributed by atoms with Crippen molar-refractivity contribution in [3.63, 3.8) is 0 Å². The number of aromatic nitrogens is 2. The van der Waals surface area contributed by atoms with E-state index in [9.17, 15) is 9.59 Å². The van der Waals surface area contributed by atoms with Gasteiger partial charge in [0.1, 0.15) is 5.65 Å². The molecule has 3 N–H and O–H groups in total. The molecule has 2 aromatic carbocycles. The first-order chi connectivity index (χ1) is 20.7. The monoisotopic (exact) mass is 591 g/mol. The zero-order valence-corrected chi connectivity index (χ0v) is 26.0. The third kappa shape index (κ3) is 5.49. The SMILES string of the molecule is CN/C=C(\C=N)C1=C(c2cn(CCCO[Si](c3ccccc3)(c3ccccc3)C(C)(C)C)c3ncccc23)C(=O)NC1=O. The normalized spacial score (nSPS) is 14.4. The smallest absolute Gasteiger partial charge is 0.261 e. The van der Waals surface area contributed by atoms with Crippen LogP contribution < -0.4 is 21.0 Å². The third-order valence-electron chi connectivity index (χ3n) is 7.86. The van der Waals surface area contributed by atoms with Crippen molar-refractivity contribution in [2.24, 2.45) is 0 Å². The molecular formula is C34H37N5O3Si. The molecular weight excluding hydrogens is 554 g/mol. The van der Waals surface area contributed by atoms with Gasteiger partial charge in [-0.3, -0.25) is 14.9 Å². The summed E-state index contributed by atoms with van der Waals surface area (Å²) in [7, 11) is -0.980. The van der Waals surface area contributed by atoms with Crippen LogP contribution in [0.5, 0.6) is 0 Å². The highest BCUT2D eigenvalue weighted by Gasteiger charge is 2.50. The lowest BCUT2D eigenvalue weighted by Gasteiger charge is -2.43.